The molecule has 0 bridgehead atoms. The third-order valence-electron chi connectivity index (χ3n) is 3.58. The summed E-state index contributed by atoms with van der Waals surface area (Å²) in [7, 11) is -1.59. The van der Waals surface area contributed by atoms with E-state index < -0.39 is 28.3 Å². The summed E-state index contributed by atoms with van der Waals surface area (Å²) in [6.45, 7) is -0.464. The fourth-order valence-electron chi connectivity index (χ4n) is 2.44. The van der Waals surface area contributed by atoms with Gasteiger partial charge in [0, 0.05) is 11.4 Å². The van der Waals surface area contributed by atoms with E-state index in [1.54, 1.807) is 12.1 Å². The number of methoxy groups -OCH3 is 1. The minimum Gasteiger partial charge on any atom is -0.495 e. The van der Waals surface area contributed by atoms with Gasteiger partial charge in [-0.2, -0.15) is 0 Å². The zero-order valence-corrected chi connectivity index (χ0v) is 14.7. The number of rotatable bonds is 6. The first-order chi connectivity index (χ1) is 11.3. The quantitative estimate of drug-likeness (QED) is 0.759. The first kappa shape index (κ1) is 18.5. The second-order valence-corrected chi connectivity index (χ2v) is 8.19. The molecule has 0 saturated carbocycles. The molecule has 1 aliphatic heterocycles. The smallest absolute Gasteiger partial charge is 0.306 e. The predicted octanol–water partition coefficient (Wildman–Crippen LogP) is 1.66. The minimum atomic E-state index is -3.04. The van der Waals surface area contributed by atoms with Crippen LogP contribution in [0.2, 0.25) is 5.02 Å². The summed E-state index contributed by atoms with van der Waals surface area (Å²) >= 11 is 5.86. The Kier molecular flexibility index (Phi) is 6.06. The average Bonchev–Trinajstić information content (AvgIpc) is 2.84. The number of amides is 1. The summed E-state index contributed by atoms with van der Waals surface area (Å²) in [5.41, 5.74) is 0.368. The van der Waals surface area contributed by atoms with Crippen molar-refractivity contribution in [3.63, 3.8) is 0 Å². The van der Waals surface area contributed by atoms with E-state index in [2.05, 4.69) is 5.32 Å². The van der Waals surface area contributed by atoms with Crippen LogP contribution in [0.3, 0.4) is 0 Å². The number of hydrogen-bond donors (Lipinski definition) is 1. The van der Waals surface area contributed by atoms with Crippen molar-refractivity contribution in [1.82, 2.24) is 0 Å². The summed E-state index contributed by atoms with van der Waals surface area (Å²) in [5, 5.41) is 2.96. The van der Waals surface area contributed by atoms with Crippen LogP contribution in [-0.2, 0) is 24.2 Å². The van der Waals surface area contributed by atoms with E-state index in [1.807, 2.05) is 0 Å². The number of ether oxygens (including phenoxy) is 2. The van der Waals surface area contributed by atoms with Crippen LogP contribution in [-0.4, -0.2) is 45.5 Å². The Labute approximate surface area is 145 Å². The third kappa shape index (κ3) is 5.38. The standard InChI is InChI=1S/C15H18ClNO6S/c1-22-13-3-2-11(16)7-12(13)17-14(18)8-23-15(19)6-10-4-5-24(20,21)9-10/h2-3,7,10H,4-6,8-9H2,1H3,(H,17,18)/t10-/m1/s1. The Hall–Kier alpha value is -1.80. The van der Waals surface area contributed by atoms with Gasteiger partial charge in [0.25, 0.3) is 5.91 Å². The number of halogens is 1. The summed E-state index contributed by atoms with van der Waals surface area (Å²) in [4.78, 5) is 23.6. The highest BCUT2D eigenvalue weighted by Gasteiger charge is 2.30. The molecule has 0 unspecified atom stereocenters. The lowest BCUT2D eigenvalue weighted by molar-refractivity contribution is -0.148. The van der Waals surface area contributed by atoms with Crippen molar-refractivity contribution in [3.05, 3.63) is 23.2 Å². The number of sulfone groups is 1. The highest BCUT2D eigenvalue weighted by atomic mass is 35.5. The van der Waals surface area contributed by atoms with Gasteiger partial charge in [-0.1, -0.05) is 11.6 Å². The maximum absolute atomic E-state index is 11.9. The van der Waals surface area contributed by atoms with Crippen molar-refractivity contribution < 1.29 is 27.5 Å². The first-order valence-corrected chi connectivity index (χ1v) is 9.48. The Bertz CT molecular complexity index is 733. The zero-order valence-electron chi connectivity index (χ0n) is 13.1. The van der Waals surface area contributed by atoms with Gasteiger partial charge in [0.2, 0.25) is 0 Å². The predicted molar refractivity (Wildman–Crippen MR) is 89.0 cm³/mol. The molecule has 1 aromatic rings. The van der Waals surface area contributed by atoms with Gasteiger partial charge in [-0.15, -0.1) is 0 Å². The van der Waals surface area contributed by atoms with E-state index >= 15 is 0 Å². The van der Waals surface area contributed by atoms with Crippen molar-refractivity contribution in [1.29, 1.82) is 0 Å². The zero-order chi connectivity index (χ0) is 17.7. The van der Waals surface area contributed by atoms with Crippen molar-refractivity contribution >= 4 is 39.0 Å². The van der Waals surface area contributed by atoms with Crippen LogP contribution in [0.4, 0.5) is 5.69 Å². The molecule has 0 aliphatic carbocycles. The monoisotopic (exact) mass is 375 g/mol. The molecule has 132 valence electrons. The number of carbonyl (C=O) groups is 2. The van der Waals surface area contributed by atoms with E-state index in [0.29, 0.717) is 22.9 Å². The SMILES string of the molecule is COc1ccc(Cl)cc1NC(=O)COC(=O)C[C@H]1CCS(=O)(=O)C1. The maximum atomic E-state index is 11.9. The molecule has 7 nitrogen and oxygen atoms in total. The van der Waals surface area contributed by atoms with Gasteiger partial charge in [0.15, 0.2) is 16.4 Å². The molecule has 2 rings (SSSR count). The Morgan fingerprint density at radius 1 is 1.38 bits per heavy atom. The molecule has 1 N–H and O–H groups in total. The van der Waals surface area contributed by atoms with Crippen LogP contribution >= 0.6 is 11.6 Å². The summed E-state index contributed by atoms with van der Waals surface area (Å²) in [6.07, 6.45) is 0.441. The summed E-state index contributed by atoms with van der Waals surface area (Å²) in [6, 6.07) is 4.74. The minimum absolute atomic E-state index is 0.00594. The number of anilines is 1. The normalized spacial score (nSPS) is 18.8. The van der Waals surface area contributed by atoms with Crippen molar-refractivity contribution in [2.75, 3.05) is 30.5 Å². The molecular formula is C15H18ClNO6S. The van der Waals surface area contributed by atoms with E-state index in [1.165, 1.54) is 13.2 Å². The van der Waals surface area contributed by atoms with E-state index in [4.69, 9.17) is 21.1 Å². The van der Waals surface area contributed by atoms with Crippen molar-refractivity contribution in [2.24, 2.45) is 5.92 Å². The second kappa shape index (κ2) is 7.85. The molecule has 1 heterocycles. The molecule has 24 heavy (non-hydrogen) atoms. The molecule has 1 fully saturated rings. The largest absolute Gasteiger partial charge is 0.495 e. The fourth-order valence-corrected chi connectivity index (χ4v) is 4.47. The average molecular weight is 376 g/mol. The van der Waals surface area contributed by atoms with Gasteiger partial charge >= 0.3 is 5.97 Å². The van der Waals surface area contributed by atoms with Crippen LogP contribution < -0.4 is 10.1 Å². The van der Waals surface area contributed by atoms with Crippen LogP contribution in [0.15, 0.2) is 18.2 Å². The number of esters is 1. The Morgan fingerprint density at radius 3 is 2.75 bits per heavy atom. The van der Waals surface area contributed by atoms with E-state index in [0.717, 1.165) is 0 Å². The molecule has 0 spiro atoms. The van der Waals surface area contributed by atoms with E-state index in [-0.39, 0.29) is 23.8 Å². The van der Waals surface area contributed by atoms with Crippen LogP contribution in [0, 0.1) is 5.92 Å². The van der Waals surface area contributed by atoms with Crippen LogP contribution in [0.25, 0.3) is 0 Å². The second-order valence-electron chi connectivity index (χ2n) is 5.53. The first-order valence-electron chi connectivity index (χ1n) is 7.28. The lowest BCUT2D eigenvalue weighted by atomic mass is 10.1. The Morgan fingerprint density at radius 2 is 2.12 bits per heavy atom. The highest BCUT2D eigenvalue weighted by molar-refractivity contribution is 7.91. The molecule has 1 aliphatic rings. The van der Waals surface area contributed by atoms with Crippen LogP contribution in [0.5, 0.6) is 5.75 Å². The Balaban J connectivity index is 1.81. The van der Waals surface area contributed by atoms with Gasteiger partial charge in [0.1, 0.15) is 5.75 Å². The third-order valence-corrected chi connectivity index (χ3v) is 5.65. The number of nitrogens with one attached hydrogen (secondary N) is 1. The molecule has 1 saturated heterocycles. The highest BCUT2D eigenvalue weighted by Crippen LogP contribution is 2.27. The van der Waals surface area contributed by atoms with Gasteiger partial charge in [0.05, 0.1) is 24.3 Å². The molecular weight excluding hydrogens is 358 g/mol. The molecule has 1 atom stereocenters. The number of carbonyl (C=O) groups excluding carboxylic acids is 2. The fraction of sp³-hybridized carbons (Fsp3) is 0.467. The van der Waals surface area contributed by atoms with E-state index in [9.17, 15) is 18.0 Å². The van der Waals surface area contributed by atoms with Gasteiger partial charge in [-0.25, -0.2) is 8.42 Å². The molecule has 9 heteroatoms. The molecule has 0 aromatic heterocycles. The number of hydrogen-bond acceptors (Lipinski definition) is 6. The topological polar surface area (TPSA) is 98.8 Å². The summed E-state index contributed by atoms with van der Waals surface area (Å²) in [5.74, 6) is -0.851. The van der Waals surface area contributed by atoms with Gasteiger partial charge in [-0.05, 0) is 30.5 Å². The number of benzene rings is 1. The molecule has 1 amide bonds. The van der Waals surface area contributed by atoms with Crippen molar-refractivity contribution in [2.45, 2.75) is 12.8 Å². The lowest BCUT2D eigenvalue weighted by Gasteiger charge is -2.11. The van der Waals surface area contributed by atoms with Gasteiger partial charge in [-0.3, -0.25) is 9.59 Å². The maximum Gasteiger partial charge on any atom is 0.306 e. The molecule has 1 aromatic carbocycles. The van der Waals surface area contributed by atoms with Crippen molar-refractivity contribution in [3.8, 4) is 5.75 Å². The summed E-state index contributed by atoms with van der Waals surface area (Å²) < 4.78 is 32.7. The van der Waals surface area contributed by atoms with Gasteiger partial charge < -0.3 is 14.8 Å². The van der Waals surface area contributed by atoms with Crippen LogP contribution in [0.1, 0.15) is 12.8 Å². The molecule has 0 radical (unpaired) electrons. The lowest BCUT2D eigenvalue weighted by Crippen LogP contribution is -2.22.